The maximum absolute atomic E-state index is 11.0. The van der Waals surface area contributed by atoms with Crippen molar-refractivity contribution in [2.75, 3.05) is 12.0 Å². The normalized spacial score (nSPS) is 13.9. The van der Waals surface area contributed by atoms with Gasteiger partial charge in [0.1, 0.15) is 9.84 Å². The van der Waals surface area contributed by atoms with Gasteiger partial charge in [0.25, 0.3) is 0 Å². The van der Waals surface area contributed by atoms with Gasteiger partial charge in [-0.05, 0) is 40.2 Å². The van der Waals surface area contributed by atoms with Crippen LogP contribution in [-0.4, -0.2) is 20.4 Å². The number of hydrogen-bond donors (Lipinski definition) is 2. The minimum Gasteiger partial charge on any atom is -0.271 e. The fraction of sp³-hybridized carbons (Fsp3) is 0.556. The molecule has 0 aliphatic rings. The monoisotopic (exact) mass is 326 g/mol. The quantitative estimate of drug-likeness (QED) is 0.618. The minimum atomic E-state index is -2.88. The molecule has 0 spiro atoms. The zero-order valence-corrected chi connectivity index (χ0v) is 12.2. The first-order valence-corrected chi connectivity index (χ1v) is 8.54. The van der Waals surface area contributed by atoms with E-state index in [9.17, 15) is 8.42 Å². The van der Waals surface area contributed by atoms with Crippen LogP contribution in [0.1, 0.15) is 23.8 Å². The maximum atomic E-state index is 11.0. The van der Waals surface area contributed by atoms with Gasteiger partial charge < -0.3 is 0 Å². The zero-order valence-electron chi connectivity index (χ0n) is 8.94. The molecule has 0 aliphatic carbocycles. The average molecular weight is 327 g/mol. The number of hydrogen-bond acceptors (Lipinski definition) is 5. The van der Waals surface area contributed by atoms with Crippen molar-refractivity contribution < 1.29 is 8.42 Å². The molecule has 1 heterocycles. The lowest BCUT2D eigenvalue weighted by molar-refractivity contribution is 0.513. The highest BCUT2D eigenvalue weighted by molar-refractivity contribution is 9.10. The molecule has 4 nitrogen and oxygen atoms in total. The highest BCUT2D eigenvalue weighted by atomic mass is 79.9. The molecule has 0 aromatic carbocycles. The number of hydrazine groups is 1. The van der Waals surface area contributed by atoms with Gasteiger partial charge in [-0.15, -0.1) is 11.3 Å². The zero-order chi connectivity index (χ0) is 12.2. The van der Waals surface area contributed by atoms with E-state index in [0.29, 0.717) is 12.8 Å². The lowest BCUT2D eigenvalue weighted by Crippen LogP contribution is -2.28. The van der Waals surface area contributed by atoms with Gasteiger partial charge in [0.15, 0.2) is 0 Å². The highest BCUT2D eigenvalue weighted by Crippen LogP contribution is 2.31. The molecule has 0 aliphatic heterocycles. The third-order valence-corrected chi connectivity index (χ3v) is 5.19. The molecule has 0 bridgehead atoms. The van der Waals surface area contributed by atoms with Crippen LogP contribution in [0.3, 0.4) is 0 Å². The van der Waals surface area contributed by atoms with Crippen LogP contribution >= 0.6 is 27.3 Å². The summed E-state index contributed by atoms with van der Waals surface area (Å²) in [7, 11) is -2.88. The van der Waals surface area contributed by atoms with Crippen molar-refractivity contribution in [1.82, 2.24) is 5.43 Å². The minimum absolute atomic E-state index is 0.0103. The molecular weight excluding hydrogens is 312 g/mol. The van der Waals surface area contributed by atoms with E-state index in [1.54, 1.807) is 11.3 Å². The summed E-state index contributed by atoms with van der Waals surface area (Å²) in [6.07, 6.45) is 2.57. The van der Waals surface area contributed by atoms with Gasteiger partial charge in [-0.1, -0.05) is 0 Å². The molecule has 16 heavy (non-hydrogen) atoms. The Bertz CT molecular complexity index is 430. The molecular formula is C9H15BrN2O2S2. The smallest absolute Gasteiger partial charge is 0.147 e. The maximum Gasteiger partial charge on any atom is 0.147 e. The summed E-state index contributed by atoms with van der Waals surface area (Å²) in [4.78, 5) is 1.11. The third kappa shape index (κ3) is 4.50. The van der Waals surface area contributed by atoms with Crippen LogP contribution in [0.4, 0.5) is 0 Å². The van der Waals surface area contributed by atoms with Crippen molar-refractivity contribution in [3.05, 3.63) is 20.8 Å². The first-order chi connectivity index (χ1) is 7.44. The van der Waals surface area contributed by atoms with E-state index in [1.807, 2.05) is 11.4 Å². The van der Waals surface area contributed by atoms with Crippen molar-refractivity contribution in [1.29, 1.82) is 0 Å². The number of nitrogens with one attached hydrogen (secondary N) is 1. The van der Waals surface area contributed by atoms with E-state index in [4.69, 9.17) is 5.84 Å². The standard InChI is InChI=1S/C9H15BrN2O2S2/c1-16(13,14)6-2-3-8(12-11)9-7(10)4-5-15-9/h4-5,8,12H,2-3,6,11H2,1H3. The molecule has 92 valence electrons. The second kappa shape index (κ2) is 6.11. The lowest BCUT2D eigenvalue weighted by Gasteiger charge is -2.14. The number of thiophene rings is 1. The van der Waals surface area contributed by atoms with Crippen LogP contribution in [0.5, 0.6) is 0 Å². The van der Waals surface area contributed by atoms with Gasteiger partial charge in [-0.25, -0.2) is 8.42 Å². The Balaban J connectivity index is 2.54. The summed E-state index contributed by atoms with van der Waals surface area (Å²) in [6, 6.07) is 1.97. The third-order valence-electron chi connectivity index (χ3n) is 2.17. The molecule has 1 aromatic rings. The topological polar surface area (TPSA) is 72.2 Å². The van der Waals surface area contributed by atoms with Crippen LogP contribution in [-0.2, 0) is 9.84 Å². The van der Waals surface area contributed by atoms with E-state index >= 15 is 0 Å². The molecule has 1 rings (SSSR count). The van der Waals surface area contributed by atoms with Crippen LogP contribution in [0.25, 0.3) is 0 Å². The molecule has 7 heteroatoms. The van der Waals surface area contributed by atoms with Gasteiger partial charge >= 0.3 is 0 Å². The second-order valence-corrected chi connectivity index (χ2v) is 7.69. The molecule has 0 fully saturated rings. The van der Waals surface area contributed by atoms with Crippen LogP contribution in [0, 0.1) is 0 Å². The summed E-state index contributed by atoms with van der Waals surface area (Å²) in [5, 5.41) is 1.97. The van der Waals surface area contributed by atoms with Gasteiger partial charge in [-0.2, -0.15) is 0 Å². The average Bonchev–Trinajstić information content (AvgIpc) is 2.58. The van der Waals surface area contributed by atoms with Gasteiger partial charge in [-0.3, -0.25) is 11.3 Å². The summed E-state index contributed by atoms with van der Waals surface area (Å²) in [6.45, 7) is 0. The summed E-state index contributed by atoms with van der Waals surface area (Å²) in [5.41, 5.74) is 2.72. The highest BCUT2D eigenvalue weighted by Gasteiger charge is 2.15. The van der Waals surface area contributed by atoms with Crippen LogP contribution in [0.2, 0.25) is 0 Å². The Labute approximate surface area is 108 Å². The number of rotatable bonds is 6. The predicted octanol–water partition coefficient (Wildman–Crippen LogP) is 1.84. The molecule has 0 radical (unpaired) electrons. The van der Waals surface area contributed by atoms with Crippen molar-refractivity contribution in [2.45, 2.75) is 18.9 Å². The Morgan fingerprint density at radius 3 is 2.75 bits per heavy atom. The molecule has 0 saturated heterocycles. The first-order valence-electron chi connectivity index (χ1n) is 4.81. The molecule has 1 aromatic heterocycles. The van der Waals surface area contributed by atoms with Crippen molar-refractivity contribution in [2.24, 2.45) is 5.84 Å². The fourth-order valence-corrected chi connectivity index (χ4v) is 3.83. The van der Waals surface area contributed by atoms with Crippen LogP contribution < -0.4 is 11.3 Å². The first kappa shape index (κ1) is 14.1. The Morgan fingerprint density at radius 1 is 1.62 bits per heavy atom. The Hall–Kier alpha value is 0.0500. The predicted molar refractivity (Wildman–Crippen MR) is 71.0 cm³/mol. The summed E-state index contributed by atoms with van der Waals surface area (Å²) >= 11 is 5.04. The van der Waals surface area contributed by atoms with Gasteiger partial charge in [0, 0.05) is 21.4 Å². The molecule has 1 unspecified atom stereocenters. The summed E-state index contributed by atoms with van der Waals surface area (Å²) < 4.78 is 23.0. The van der Waals surface area contributed by atoms with Crippen molar-refractivity contribution in [3.63, 3.8) is 0 Å². The SMILES string of the molecule is CS(=O)(=O)CCCC(NN)c1sccc1Br. The number of nitrogens with two attached hydrogens (primary N) is 1. The van der Waals surface area contributed by atoms with Crippen LogP contribution in [0.15, 0.2) is 15.9 Å². The summed E-state index contributed by atoms with van der Waals surface area (Å²) in [5.74, 6) is 5.67. The molecule has 0 saturated carbocycles. The lowest BCUT2D eigenvalue weighted by atomic mass is 10.1. The Kier molecular flexibility index (Phi) is 5.39. The van der Waals surface area contributed by atoms with E-state index in [0.717, 1.165) is 9.35 Å². The van der Waals surface area contributed by atoms with E-state index in [2.05, 4.69) is 21.4 Å². The second-order valence-electron chi connectivity index (χ2n) is 3.62. The number of halogens is 1. The Morgan fingerprint density at radius 2 is 2.31 bits per heavy atom. The van der Waals surface area contributed by atoms with E-state index in [-0.39, 0.29) is 11.8 Å². The molecule has 3 N–H and O–H groups in total. The largest absolute Gasteiger partial charge is 0.271 e. The van der Waals surface area contributed by atoms with E-state index < -0.39 is 9.84 Å². The van der Waals surface area contributed by atoms with E-state index in [1.165, 1.54) is 6.26 Å². The fourth-order valence-electron chi connectivity index (χ4n) is 1.39. The van der Waals surface area contributed by atoms with Crippen molar-refractivity contribution in [3.8, 4) is 0 Å². The van der Waals surface area contributed by atoms with Crippen molar-refractivity contribution >= 4 is 37.1 Å². The molecule has 1 atom stereocenters. The number of sulfone groups is 1. The molecule has 0 amide bonds. The van der Waals surface area contributed by atoms with Gasteiger partial charge in [0.2, 0.25) is 0 Å². The van der Waals surface area contributed by atoms with Gasteiger partial charge in [0.05, 0.1) is 6.04 Å².